The average molecular weight is 335 g/mol. The van der Waals surface area contributed by atoms with Gasteiger partial charge in [-0.15, -0.1) is 0 Å². The first-order valence-corrected chi connectivity index (χ1v) is 9.70. The van der Waals surface area contributed by atoms with Crippen LogP contribution in [-0.2, 0) is 9.05 Å². The quantitative estimate of drug-likeness (QED) is 0.610. The van der Waals surface area contributed by atoms with Crippen molar-refractivity contribution >= 4 is 19.7 Å². The van der Waals surface area contributed by atoms with Gasteiger partial charge in [-0.1, -0.05) is 20.3 Å². The van der Waals surface area contributed by atoms with E-state index in [4.69, 9.17) is 20.2 Å². The van der Waals surface area contributed by atoms with Gasteiger partial charge in [-0.2, -0.15) is 0 Å². The van der Waals surface area contributed by atoms with Gasteiger partial charge in [-0.3, -0.25) is 0 Å². The lowest BCUT2D eigenvalue weighted by Crippen LogP contribution is -2.19. The molecular weight excluding hydrogens is 312 g/mol. The topological polar surface area (TPSA) is 52.6 Å². The summed E-state index contributed by atoms with van der Waals surface area (Å²) in [6.45, 7) is 5.09. The number of halogens is 1. The fourth-order valence-corrected chi connectivity index (χ4v) is 3.33. The molecule has 6 heteroatoms. The molecule has 1 rings (SSSR count). The van der Waals surface area contributed by atoms with Gasteiger partial charge in [0.15, 0.2) is 0 Å². The lowest BCUT2D eigenvalue weighted by Gasteiger charge is -2.15. The lowest BCUT2D eigenvalue weighted by molar-refractivity contribution is 0.252. The second-order valence-electron chi connectivity index (χ2n) is 4.99. The molecule has 0 aliphatic carbocycles. The first-order chi connectivity index (χ1) is 9.94. The molecule has 1 aromatic carbocycles. The van der Waals surface area contributed by atoms with Crippen molar-refractivity contribution < 1.29 is 17.9 Å². The van der Waals surface area contributed by atoms with Crippen molar-refractivity contribution in [3.05, 3.63) is 24.3 Å². The normalized spacial score (nSPS) is 12.9. The Labute approximate surface area is 131 Å². The van der Waals surface area contributed by atoms with E-state index in [1.807, 2.05) is 31.2 Å². The Morgan fingerprint density at radius 2 is 1.62 bits per heavy atom. The van der Waals surface area contributed by atoms with Gasteiger partial charge in [-0.05, 0) is 37.1 Å². The lowest BCUT2D eigenvalue weighted by atomic mass is 10.1. The summed E-state index contributed by atoms with van der Waals surface area (Å²) >= 11 is 0. The van der Waals surface area contributed by atoms with Crippen LogP contribution in [0.3, 0.4) is 0 Å². The SMILES string of the molecule is CCCOc1ccc(OCC(CCC)CS(=O)(=O)Cl)cc1. The van der Waals surface area contributed by atoms with Gasteiger partial charge in [0.05, 0.1) is 19.0 Å². The summed E-state index contributed by atoms with van der Waals surface area (Å²) in [4.78, 5) is 0. The summed E-state index contributed by atoms with van der Waals surface area (Å²) in [5, 5.41) is 0. The molecule has 1 unspecified atom stereocenters. The molecule has 0 fully saturated rings. The Kier molecular flexibility index (Phi) is 7.89. The first-order valence-electron chi connectivity index (χ1n) is 7.22. The highest BCUT2D eigenvalue weighted by atomic mass is 35.7. The third-order valence-corrected chi connectivity index (χ3v) is 4.16. The Morgan fingerprint density at radius 1 is 1.05 bits per heavy atom. The van der Waals surface area contributed by atoms with E-state index in [9.17, 15) is 8.42 Å². The van der Waals surface area contributed by atoms with E-state index in [0.29, 0.717) is 19.0 Å². The second kappa shape index (κ2) is 9.15. The minimum atomic E-state index is -3.49. The molecule has 21 heavy (non-hydrogen) atoms. The van der Waals surface area contributed by atoms with Crippen molar-refractivity contribution in [1.29, 1.82) is 0 Å². The predicted octanol–water partition coefficient (Wildman–Crippen LogP) is 3.84. The Bertz CT molecular complexity index is 499. The van der Waals surface area contributed by atoms with Gasteiger partial charge in [0.25, 0.3) is 0 Å². The molecular formula is C15H23ClO4S. The first kappa shape index (κ1) is 18.1. The van der Waals surface area contributed by atoms with Crippen molar-refractivity contribution in [2.75, 3.05) is 19.0 Å². The highest BCUT2D eigenvalue weighted by Gasteiger charge is 2.17. The zero-order valence-electron chi connectivity index (χ0n) is 12.5. The molecule has 0 N–H and O–H groups in total. The molecule has 0 saturated heterocycles. The van der Waals surface area contributed by atoms with Crippen LogP contribution < -0.4 is 9.47 Å². The van der Waals surface area contributed by atoms with Gasteiger partial charge < -0.3 is 9.47 Å². The zero-order valence-corrected chi connectivity index (χ0v) is 14.1. The summed E-state index contributed by atoms with van der Waals surface area (Å²) in [5.74, 6) is 1.36. The van der Waals surface area contributed by atoms with Gasteiger partial charge in [0.1, 0.15) is 11.5 Å². The van der Waals surface area contributed by atoms with Crippen LogP contribution in [-0.4, -0.2) is 27.4 Å². The van der Waals surface area contributed by atoms with Crippen LogP contribution in [0, 0.1) is 5.92 Å². The molecule has 0 radical (unpaired) electrons. The van der Waals surface area contributed by atoms with Crippen molar-refractivity contribution in [3.63, 3.8) is 0 Å². The fourth-order valence-electron chi connectivity index (χ4n) is 1.97. The predicted molar refractivity (Wildman–Crippen MR) is 85.8 cm³/mol. The molecule has 0 aliphatic rings. The fraction of sp³-hybridized carbons (Fsp3) is 0.600. The van der Waals surface area contributed by atoms with Gasteiger partial charge in [0, 0.05) is 16.6 Å². The molecule has 1 aromatic rings. The van der Waals surface area contributed by atoms with E-state index in [1.54, 1.807) is 0 Å². The van der Waals surface area contributed by atoms with Crippen LogP contribution in [0.15, 0.2) is 24.3 Å². The highest BCUT2D eigenvalue weighted by Crippen LogP contribution is 2.20. The molecule has 1 atom stereocenters. The molecule has 0 aromatic heterocycles. The van der Waals surface area contributed by atoms with Crippen molar-refractivity contribution in [2.45, 2.75) is 33.1 Å². The largest absolute Gasteiger partial charge is 0.494 e. The zero-order chi connectivity index (χ0) is 15.7. The number of hydrogen-bond acceptors (Lipinski definition) is 4. The van der Waals surface area contributed by atoms with Crippen LogP contribution >= 0.6 is 10.7 Å². The number of benzene rings is 1. The number of hydrogen-bond donors (Lipinski definition) is 0. The summed E-state index contributed by atoms with van der Waals surface area (Å²) in [6, 6.07) is 7.34. The smallest absolute Gasteiger partial charge is 0.232 e. The van der Waals surface area contributed by atoms with Crippen molar-refractivity contribution in [2.24, 2.45) is 5.92 Å². The summed E-state index contributed by atoms with van der Waals surface area (Å²) in [7, 11) is 1.82. The van der Waals surface area contributed by atoms with Crippen LogP contribution in [0.5, 0.6) is 11.5 Å². The van der Waals surface area contributed by atoms with E-state index < -0.39 is 9.05 Å². The number of ether oxygens (including phenoxy) is 2. The van der Waals surface area contributed by atoms with Crippen molar-refractivity contribution in [1.82, 2.24) is 0 Å². The Morgan fingerprint density at radius 3 is 2.10 bits per heavy atom. The summed E-state index contributed by atoms with van der Waals surface area (Å²) in [5.41, 5.74) is 0. The highest BCUT2D eigenvalue weighted by molar-refractivity contribution is 8.13. The molecule has 0 heterocycles. The van der Waals surface area contributed by atoms with Crippen LogP contribution in [0.4, 0.5) is 0 Å². The third-order valence-electron chi connectivity index (χ3n) is 2.91. The third kappa shape index (κ3) is 8.17. The average Bonchev–Trinajstić information content (AvgIpc) is 2.42. The van der Waals surface area contributed by atoms with Crippen LogP contribution in [0.25, 0.3) is 0 Å². The maximum Gasteiger partial charge on any atom is 0.232 e. The molecule has 0 saturated carbocycles. The molecule has 0 bridgehead atoms. The van der Waals surface area contributed by atoms with Gasteiger partial charge in [0.2, 0.25) is 9.05 Å². The Balaban J connectivity index is 2.51. The monoisotopic (exact) mass is 334 g/mol. The van der Waals surface area contributed by atoms with Gasteiger partial charge in [-0.25, -0.2) is 8.42 Å². The number of rotatable bonds is 10. The van der Waals surface area contributed by atoms with Crippen LogP contribution in [0.1, 0.15) is 33.1 Å². The van der Waals surface area contributed by atoms with E-state index in [-0.39, 0.29) is 11.7 Å². The van der Waals surface area contributed by atoms with E-state index in [0.717, 1.165) is 25.0 Å². The molecule has 0 aliphatic heterocycles. The minimum Gasteiger partial charge on any atom is -0.494 e. The standard InChI is InChI=1S/C15H23ClO4S/c1-3-5-13(12-21(16,17)18)11-20-15-8-6-14(7-9-15)19-10-4-2/h6-9,13H,3-5,10-12H2,1-2H3. The minimum absolute atomic E-state index is 0.0555. The maximum atomic E-state index is 11.2. The van der Waals surface area contributed by atoms with E-state index in [2.05, 4.69) is 6.92 Å². The van der Waals surface area contributed by atoms with E-state index in [1.165, 1.54) is 0 Å². The summed E-state index contributed by atoms with van der Waals surface area (Å²) < 4.78 is 33.5. The molecule has 4 nitrogen and oxygen atoms in total. The van der Waals surface area contributed by atoms with Gasteiger partial charge >= 0.3 is 0 Å². The van der Waals surface area contributed by atoms with Crippen molar-refractivity contribution in [3.8, 4) is 11.5 Å². The second-order valence-corrected chi connectivity index (χ2v) is 7.81. The Hall–Kier alpha value is -0.940. The molecule has 0 amide bonds. The van der Waals surface area contributed by atoms with Crippen LogP contribution in [0.2, 0.25) is 0 Å². The van der Waals surface area contributed by atoms with E-state index >= 15 is 0 Å². The molecule has 0 spiro atoms. The maximum absolute atomic E-state index is 11.2. The molecule has 120 valence electrons. The summed E-state index contributed by atoms with van der Waals surface area (Å²) in [6.07, 6.45) is 2.62.